The second kappa shape index (κ2) is 22.2. The molecular formula is C13H22O8Ti. The van der Waals surface area contributed by atoms with Gasteiger partial charge in [0.1, 0.15) is 11.6 Å². The third kappa shape index (κ3) is 42.8. The molecule has 0 aromatic carbocycles. The van der Waals surface area contributed by atoms with Gasteiger partial charge in [-0.15, -0.1) is 0 Å². The maximum absolute atomic E-state index is 10.4. The Labute approximate surface area is 144 Å². The molecule has 0 rings (SSSR count). The molecule has 0 spiro atoms. The average molecular weight is 354 g/mol. The number of carbonyl (C=O) groups excluding carboxylic acids is 4. The molecule has 0 aliphatic heterocycles. The Morgan fingerprint density at radius 3 is 1.45 bits per heavy atom. The molecule has 9 heteroatoms. The van der Waals surface area contributed by atoms with Crippen LogP contribution in [0.25, 0.3) is 0 Å². The summed E-state index contributed by atoms with van der Waals surface area (Å²) in [5.74, 6) is -3.22. The molecule has 0 unspecified atom stereocenters. The van der Waals surface area contributed by atoms with Gasteiger partial charge in [-0.2, -0.15) is 0 Å². The predicted octanol–water partition coefficient (Wildman–Crippen LogP) is -2.43. The normalized spacial score (nSPS) is 8.18. The number of carbonyl (C=O) groups is 4. The van der Waals surface area contributed by atoms with E-state index in [1.54, 1.807) is 0 Å². The van der Waals surface area contributed by atoms with E-state index in [2.05, 4.69) is 0 Å². The molecule has 126 valence electrons. The summed E-state index contributed by atoms with van der Waals surface area (Å²) in [6.45, 7) is 3.22. The molecular weight excluding hydrogens is 332 g/mol. The Morgan fingerprint density at radius 1 is 0.909 bits per heavy atom. The van der Waals surface area contributed by atoms with Crippen LogP contribution < -0.4 is 10.2 Å². The van der Waals surface area contributed by atoms with E-state index in [1.165, 1.54) is 6.92 Å². The number of aliphatic hydroxyl groups excluding tert-OH is 2. The van der Waals surface area contributed by atoms with Gasteiger partial charge in [0, 0.05) is 44.4 Å². The molecule has 8 nitrogen and oxygen atoms in total. The molecule has 0 radical (unpaired) electrons. The van der Waals surface area contributed by atoms with Gasteiger partial charge in [0.25, 0.3) is 0 Å². The first-order valence-electron chi connectivity index (χ1n) is 6.33. The van der Waals surface area contributed by atoms with Crippen molar-refractivity contribution in [2.75, 3.05) is 13.2 Å². The van der Waals surface area contributed by atoms with E-state index in [1.807, 2.05) is 6.92 Å². The Morgan fingerprint density at radius 2 is 1.32 bits per heavy atom. The summed E-state index contributed by atoms with van der Waals surface area (Å²) in [7, 11) is 0. The first kappa shape index (κ1) is 29.0. The summed E-state index contributed by atoms with van der Waals surface area (Å²) in [6, 6.07) is 0. The van der Waals surface area contributed by atoms with Crippen molar-refractivity contribution in [1.29, 1.82) is 0 Å². The molecule has 0 fully saturated rings. The number of aliphatic hydroxyl groups is 2. The number of Topliss-reactive ketones (excluding diaryl/α,β-unsaturated/α-hetero) is 2. The Kier molecular flexibility index (Phi) is 29.3. The van der Waals surface area contributed by atoms with Crippen LogP contribution in [0, 0.1) is 0 Å². The summed E-state index contributed by atoms with van der Waals surface area (Å²) in [4.78, 5) is 39.5. The van der Waals surface area contributed by atoms with Gasteiger partial charge >= 0.3 is 21.7 Å². The first-order valence-corrected chi connectivity index (χ1v) is 6.33. The number of ketones is 2. The second-order valence-corrected chi connectivity index (χ2v) is 3.89. The van der Waals surface area contributed by atoms with Crippen molar-refractivity contribution in [1.82, 2.24) is 0 Å². The fourth-order valence-electron chi connectivity index (χ4n) is 0.802. The van der Waals surface area contributed by atoms with Crippen molar-refractivity contribution in [3.8, 4) is 0 Å². The third-order valence-corrected chi connectivity index (χ3v) is 1.58. The van der Waals surface area contributed by atoms with Crippen LogP contribution in [0.15, 0.2) is 0 Å². The molecule has 0 aliphatic rings. The summed E-state index contributed by atoms with van der Waals surface area (Å²) in [5.41, 5.74) is 0. The maximum atomic E-state index is 10.4. The van der Waals surface area contributed by atoms with Crippen LogP contribution in [-0.2, 0) is 40.9 Å². The van der Waals surface area contributed by atoms with Gasteiger partial charge in [0.05, 0.1) is 0 Å². The van der Waals surface area contributed by atoms with E-state index in [9.17, 15) is 29.4 Å². The summed E-state index contributed by atoms with van der Waals surface area (Å²) < 4.78 is 0. The standard InChI is InChI=1S/C6H10O3.C4H6O3.C3H8O2.Ti/c1-2-3-5(7)4-6(8)9;1-3(5)2-4(6)7;4-2-1-3-5;/h2-4H2,1H3,(H,8,9);2H2,1H3,(H,6,7);4-5H,1-3H2;/q;;;+2/p-2. The molecule has 22 heavy (non-hydrogen) atoms. The fraction of sp³-hybridized carbons (Fsp3) is 0.692. The van der Waals surface area contributed by atoms with Crippen molar-refractivity contribution in [2.24, 2.45) is 0 Å². The van der Waals surface area contributed by atoms with E-state index in [4.69, 9.17) is 10.2 Å². The molecule has 0 bridgehead atoms. The van der Waals surface area contributed by atoms with Gasteiger partial charge in [-0.05, 0) is 19.8 Å². The van der Waals surface area contributed by atoms with E-state index in [0.29, 0.717) is 19.3 Å². The van der Waals surface area contributed by atoms with Gasteiger partial charge in [-0.25, -0.2) is 0 Å². The van der Waals surface area contributed by atoms with Crippen LogP contribution in [0.4, 0.5) is 0 Å². The van der Waals surface area contributed by atoms with Gasteiger partial charge in [0.15, 0.2) is 0 Å². The Bertz CT molecular complexity index is 303. The quantitative estimate of drug-likeness (QED) is 0.360. The van der Waals surface area contributed by atoms with Gasteiger partial charge in [0.2, 0.25) is 0 Å². The van der Waals surface area contributed by atoms with Crippen molar-refractivity contribution >= 4 is 23.5 Å². The zero-order valence-corrected chi connectivity index (χ0v) is 14.4. The van der Waals surface area contributed by atoms with Gasteiger partial charge < -0.3 is 30.0 Å². The van der Waals surface area contributed by atoms with E-state index >= 15 is 0 Å². The number of rotatable bonds is 8. The molecule has 0 aromatic rings. The van der Waals surface area contributed by atoms with Crippen LogP contribution in [0.2, 0.25) is 0 Å². The molecule has 0 saturated carbocycles. The topological polar surface area (TPSA) is 155 Å². The molecule has 0 aliphatic carbocycles. The van der Waals surface area contributed by atoms with Crippen molar-refractivity contribution in [3.05, 3.63) is 0 Å². The maximum Gasteiger partial charge on any atom is 2.00 e. The summed E-state index contributed by atoms with van der Waals surface area (Å²) in [5, 5.41) is 35.0. The predicted molar refractivity (Wildman–Crippen MR) is 68.6 cm³/mol. The monoisotopic (exact) mass is 354 g/mol. The molecule has 0 saturated heterocycles. The van der Waals surface area contributed by atoms with Crippen molar-refractivity contribution in [3.63, 3.8) is 0 Å². The van der Waals surface area contributed by atoms with E-state index < -0.39 is 24.8 Å². The molecule has 0 heterocycles. The summed E-state index contributed by atoms with van der Waals surface area (Å²) >= 11 is 0. The first-order chi connectivity index (χ1) is 9.70. The molecule has 0 amide bonds. The van der Waals surface area contributed by atoms with Crippen LogP contribution >= 0.6 is 0 Å². The minimum Gasteiger partial charge on any atom is -0.550 e. The minimum atomic E-state index is -1.31. The smallest absolute Gasteiger partial charge is 0.550 e. The average Bonchev–Trinajstić information content (AvgIpc) is 2.28. The number of hydrogen-bond donors (Lipinski definition) is 2. The largest absolute Gasteiger partial charge is 2.00 e. The van der Waals surface area contributed by atoms with Crippen LogP contribution in [-0.4, -0.2) is 46.9 Å². The zero-order chi connectivity index (χ0) is 17.3. The second-order valence-electron chi connectivity index (χ2n) is 3.89. The summed E-state index contributed by atoms with van der Waals surface area (Å²) in [6.07, 6.45) is 0.633. The number of hydrogen-bond acceptors (Lipinski definition) is 8. The molecule has 2 N–H and O–H groups in total. The van der Waals surface area contributed by atoms with Gasteiger partial charge in [-0.3, -0.25) is 9.59 Å². The van der Waals surface area contributed by atoms with Gasteiger partial charge in [-0.1, -0.05) is 6.92 Å². The molecule has 0 aromatic heterocycles. The number of carboxylic acid groups (broad SMARTS) is 2. The van der Waals surface area contributed by atoms with Crippen LogP contribution in [0.5, 0.6) is 0 Å². The van der Waals surface area contributed by atoms with E-state index in [-0.39, 0.29) is 46.5 Å². The van der Waals surface area contributed by atoms with E-state index in [0.717, 1.165) is 0 Å². The Balaban J connectivity index is -0.000000113. The Hall–Kier alpha value is -1.09. The fourth-order valence-corrected chi connectivity index (χ4v) is 0.802. The van der Waals surface area contributed by atoms with Crippen molar-refractivity contribution < 1.29 is 61.3 Å². The number of carboxylic acids is 2. The van der Waals surface area contributed by atoms with Crippen LogP contribution in [0.3, 0.4) is 0 Å². The SMILES string of the molecule is CC(=O)CC(=O)[O-].CCCC(=O)CC(=O)[O-].OCCCO.[Ti+2]. The zero-order valence-electron chi connectivity index (χ0n) is 12.8. The number of aliphatic carboxylic acids is 2. The minimum absolute atomic E-state index is 0. The third-order valence-electron chi connectivity index (χ3n) is 1.58. The van der Waals surface area contributed by atoms with Crippen LogP contribution in [0.1, 0.15) is 46.0 Å². The molecule has 0 atom stereocenters. The van der Waals surface area contributed by atoms with Crippen molar-refractivity contribution in [2.45, 2.75) is 46.0 Å².